The Bertz CT molecular complexity index is 717. The van der Waals surface area contributed by atoms with Crippen molar-refractivity contribution in [3.8, 4) is 0 Å². The zero-order valence-corrected chi connectivity index (χ0v) is 11.3. The molecule has 0 saturated carbocycles. The first-order chi connectivity index (χ1) is 9.36. The van der Waals surface area contributed by atoms with Crippen LogP contribution in [0.3, 0.4) is 0 Å². The Morgan fingerprint density at radius 2 is 2.11 bits per heavy atom. The molecule has 1 N–H and O–H groups in total. The van der Waals surface area contributed by atoms with Crippen LogP contribution >= 0.6 is 11.8 Å². The average molecular weight is 267 g/mol. The number of nitrogens with zero attached hydrogens (tertiary/aromatic N) is 2. The van der Waals surface area contributed by atoms with Gasteiger partial charge in [-0.15, -0.1) is 11.8 Å². The van der Waals surface area contributed by atoms with Gasteiger partial charge in [-0.3, -0.25) is 10.1 Å². The third-order valence-electron chi connectivity index (χ3n) is 2.90. The second kappa shape index (κ2) is 5.28. The first-order valence-corrected chi connectivity index (χ1v) is 7.20. The van der Waals surface area contributed by atoms with Crippen molar-refractivity contribution in [2.24, 2.45) is 0 Å². The van der Waals surface area contributed by atoms with Crippen LogP contribution in [-0.4, -0.2) is 21.4 Å². The van der Waals surface area contributed by atoms with E-state index in [1.807, 2.05) is 30.4 Å². The summed E-state index contributed by atoms with van der Waals surface area (Å²) in [6.07, 6.45) is 7.81. The van der Waals surface area contributed by atoms with Crippen molar-refractivity contribution in [3.05, 3.63) is 54.0 Å². The minimum atomic E-state index is 0.930. The molecule has 3 rings (SSSR count). The van der Waals surface area contributed by atoms with Crippen molar-refractivity contribution in [2.75, 3.05) is 6.26 Å². The molecule has 19 heavy (non-hydrogen) atoms. The summed E-state index contributed by atoms with van der Waals surface area (Å²) in [4.78, 5) is 5.49. The van der Waals surface area contributed by atoms with Gasteiger partial charge >= 0.3 is 0 Å². The third kappa shape index (κ3) is 2.53. The molecule has 0 fully saturated rings. The number of H-pyrrole nitrogens is 1. The number of aromatic amines is 1. The number of nitrogens with one attached hydrogen (secondary N) is 1. The maximum absolute atomic E-state index is 4.34. The highest BCUT2D eigenvalue weighted by molar-refractivity contribution is 7.98. The van der Waals surface area contributed by atoms with E-state index in [-0.39, 0.29) is 0 Å². The van der Waals surface area contributed by atoms with Gasteiger partial charge in [-0.1, -0.05) is 6.07 Å². The maximum Gasteiger partial charge on any atom is 0.0928 e. The molecule has 0 aliphatic heterocycles. The van der Waals surface area contributed by atoms with Crippen LogP contribution in [-0.2, 0) is 0 Å². The van der Waals surface area contributed by atoms with Gasteiger partial charge in [0.2, 0.25) is 0 Å². The predicted octanol–water partition coefficient (Wildman–Crippen LogP) is 3.85. The Labute approximate surface area is 115 Å². The molecular weight excluding hydrogens is 254 g/mol. The zero-order valence-electron chi connectivity index (χ0n) is 10.5. The van der Waals surface area contributed by atoms with Crippen molar-refractivity contribution in [1.29, 1.82) is 0 Å². The van der Waals surface area contributed by atoms with Crippen molar-refractivity contribution >= 4 is 34.8 Å². The predicted molar refractivity (Wildman–Crippen MR) is 81.0 cm³/mol. The number of hydrogen-bond acceptors (Lipinski definition) is 3. The third-order valence-corrected chi connectivity index (χ3v) is 3.62. The standard InChI is InChI=1S/C15H13N3S/c1-19-12-6-7-13-14(17-18-15(13)10-12)8-5-11-4-2-3-9-16-11/h2-10H,1H3,(H,17,18)/b8-5-. The fourth-order valence-corrected chi connectivity index (χ4v) is 2.35. The molecule has 0 radical (unpaired) electrons. The Kier molecular flexibility index (Phi) is 3.33. The van der Waals surface area contributed by atoms with Gasteiger partial charge in [0.25, 0.3) is 0 Å². The van der Waals surface area contributed by atoms with E-state index in [2.05, 4.69) is 39.6 Å². The van der Waals surface area contributed by atoms with E-state index in [0.29, 0.717) is 0 Å². The SMILES string of the molecule is CSc1ccc2c(/C=C\c3ccccn3)n[nH]c2c1. The number of hydrogen-bond donors (Lipinski definition) is 1. The number of aromatic nitrogens is 3. The number of benzene rings is 1. The smallest absolute Gasteiger partial charge is 0.0928 e. The highest BCUT2D eigenvalue weighted by atomic mass is 32.2. The number of fused-ring (bicyclic) bond motifs is 1. The van der Waals surface area contributed by atoms with Gasteiger partial charge in [0, 0.05) is 16.5 Å². The molecule has 1 aromatic carbocycles. The minimum Gasteiger partial charge on any atom is -0.277 e. The first-order valence-electron chi connectivity index (χ1n) is 5.98. The summed E-state index contributed by atoms with van der Waals surface area (Å²) in [5.74, 6) is 0. The average Bonchev–Trinajstić information content (AvgIpc) is 2.88. The molecule has 3 aromatic rings. The molecule has 0 saturated heterocycles. The number of pyridine rings is 1. The molecular formula is C15H13N3S. The first kappa shape index (κ1) is 12.0. The monoisotopic (exact) mass is 267 g/mol. The Morgan fingerprint density at radius 1 is 1.16 bits per heavy atom. The highest BCUT2D eigenvalue weighted by Gasteiger charge is 2.03. The van der Waals surface area contributed by atoms with E-state index in [1.165, 1.54) is 4.90 Å². The summed E-state index contributed by atoms with van der Waals surface area (Å²) < 4.78 is 0. The lowest BCUT2D eigenvalue weighted by Crippen LogP contribution is -1.77. The van der Waals surface area contributed by atoms with Gasteiger partial charge in [0.15, 0.2) is 0 Å². The van der Waals surface area contributed by atoms with Crippen LogP contribution in [0, 0.1) is 0 Å². The molecule has 0 bridgehead atoms. The molecule has 94 valence electrons. The van der Waals surface area contributed by atoms with Crippen molar-refractivity contribution in [3.63, 3.8) is 0 Å². The molecule has 2 heterocycles. The van der Waals surface area contributed by atoms with Gasteiger partial charge in [-0.05, 0) is 48.7 Å². The summed E-state index contributed by atoms with van der Waals surface area (Å²) in [5, 5.41) is 8.53. The van der Waals surface area contributed by atoms with Crippen LogP contribution in [0.1, 0.15) is 11.4 Å². The van der Waals surface area contributed by atoms with Crippen LogP contribution in [0.15, 0.2) is 47.5 Å². The molecule has 0 spiro atoms. The maximum atomic E-state index is 4.34. The molecule has 0 aliphatic rings. The van der Waals surface area contributed by atoms with Gasteiger partial charge in [0.05, 0.1) is 16.9 Å². The highest BCUT2D eigenvalue weighted by Crippen LogP contribution is 2.23. The quantitative estimate of drug-likeness (QED) is 0.733. The van der Waals surface area contributed by atoms with Gasteiger partial charge < -0.3 is 0 Å². The van der Waals surface area contributed by atoms with Crippen LogP contribution in [0.5, 0.6) is 0 Å². The van der Waals surface area contributed by atoms with Crippen molar-refractivity contribution in [2.45, 2.75) is 4.90 Å². The van der Waals surface area contributed by atoms with E-state index >= 15 is 0 Å². The summed E-state index contributed by atoms with van der Waals surface area (Å²) in [6, 6.07) is 12.2. The van der Waals surface area contributed by atoms with E-state index in [4.69, 9.17) is 0 Å². The molecule has 4 heteroatoms. The second-order valence-corrected chi connectivity index (χ2v) is 4.99. The van der Waals surface area contributed by atoms with Crippen LogP contribution in [0.2, 0.25) is 0 Å². The lowest BCUT2D eigenvalue weighted by molar-refractivity contribution is 1.10. The lowest BCUT2D eigenvalue weighted by Gasteiger charge is -1.95. The van der Waals surface area contributed by atoms with Gasteiger partial charge in [-0.2, -0.15) is 5.10 Å². The molecule has 0 amide bonds. The van der Waals surface area contributed by atoms with Crippen molar-refractivity contribution < 1.29 is 0 Å². The Balaban J connectivity index is 1.96. The van der Waals surface area contributed by atoms with Crippen LogP contribution in [0.4, 0.5) is 0 Å². The lowest BCUT2D eigenvalue weighted by atomic mass is 10.2. The summed E-state index contributed by atoms with van der Waals surface area (Å²) in [6.45, 7) is 0. The zero-order chi connectivity index (χ0) is 13.1. The topological polar surface area (TPSA) is 41.6 Å². The second-order valence-electron chi connectivity index (χ2n) is 4.11. The Morgan fingerprint density at radius 3 is 2.89 bits per heavy atom. The molecule has 0 atom stereocenters. The number of thioether (sulfide) groups is 1. The van der Waals surface area contributed by atoms with E-state index < -0.39 is 0 Å². The minimum absolute atomic E-state index is 0.930. The molecule has 2 aromatic heterocycles. The summed E-state index contributed by atoms with van der Waals surface area (Å²) in [7, 11) is 0. The van der Waals surface area contributed by atoms with E-state index in [0.717, 1.165) is 22.3 Å². The van der Waals surface area contributed by atoms with Gasteiger partial charge in [-0.25, -0.2) is 0 Å². The van der Waals surface area contributed by atoms with Gasteiger partial charge in [0.1, 0.15) is 0 Å². The normalized spacial score (nSPS) is 11.4. The molecule has 3 nitrogen and oxygen atoms in total. The summed E-state index contributed by atoms with van der Waals surface area (Å²) in [5.41, 5.74) is 2.93. The van der Waals surface area contributed by atoms with Crippen molar-refractivity contribution in [1.82, 2.24) is 15.2 Å². The van der Waals surface area contributed by atoms with Crippen LogP contribution in [0.25, 0.3) is 23.1 Å². The fourth-order valence-electron chi connectivity index (χ4n) is 1.91. The summed E-state index contributed by atoms with van der Waals surface area (Å²) >= 11 is 1.73. The molecule has 0 unspecified atom stereocenters. The van der Waals surface area contributed by atoms with E-state index in [1.54, 1.807) is 18.0 Å². The van der Waals surface area contributed by atoms with Crippen LogP contribution < -0.4 is 0 Å². The Hall–Kier alpha value is -2.07. The fraction of sp³-hybridized carbons (Fsp3) is 0.0667. The van der Waals surface area contributed by atoms with E-state index in [9.17, 15) is 0 Å². The largest absolute Gasteiger partial charge is 0.277 e. The number of rotatable bonds is 3. The molecule has 0 aliphatic carbocycles.